The molecule has 25 heavy (non-hydrogen) atoms. The number of aromatic nitrogens is 1. The van der Waals surface area contributed by atoms with Crippen molar-refractivity contribution >= 4 is 55.0 Å². The van der Waals surface area contributed by atoms with Crippen LogP contribution in [0.3, 0.4) is 0 Å². The number of hydrogen-bond donors (Lipinski definition) is 0. The van der Waals surface area contributed by atoms with E-state index >= 15 is 0 Å². The Labute approximate surface area is 163 Å². The molecule has 4 rings (SSSR count). The molecule has 1 aliphatic rings. The van der Waals surface area contributed by atoms with Crippen molar-refractivity contribution in [3.8, 4) is 0 Å². The number of thiophene rings is 1. The molecule has 2 aromatic heterocycles. The van der Waals surface area contributed by atoms with Crippen molar-refractivity contribution in [2.24, 2.45) is 0 Å². The summed E-state index contributed by atoms with van der Waals surface area (Å²) in [5, 5.41) is 0.702. The third-order valence-corrected chi connectivity index (χ3v) is 6.12. The average molecular weight is 440 g/mol. The fraction of sp³-hybridized carbons (Fsp3) is 0.278. The number of carbonyl (C=O) groups excluding carboxylic acids is 1. The van der Waals surface area contributed by atoms with Gasteiger partial charge in [-0.15, -0.1) is 11.3 Å². The van der Waals surface area contributed by atoms with Crippen LogP contribution in [0.2, 0.25) is 5.02 Å². The number of carbonyl (C=O) groups is 1. The highest BCUT2D eigenvalue weighted by atomic mass is 79.9. The van der Waals surface area contributed by atoms with Crippen molar-refractivity contribution in [3.63, 3.8) is 0 Å². The van der Waals surface area contributed by atoms with Crippen LogP contribution in [0, 0.1) is 0 Å². The van der Waals surface area contributed by atoms with Crippen LogP contribution >= 0.6 is 38.9 Å². The highest BCUT2D eigenvalue weighted by molar-refractivity contribution is 9.11. The van der Waals surface area contributed by atoms with Crippen molar-refractivity contribution in [2.45, 2.75) is 6.54 Å². The number of rotatable bonds is 3. The molecule has 1 aromatic carbocycles. The van der Waals surface area contributed by atoms with Crippen LogP contribution in [0.4, 0.5) is 0 Å². The first kappa shape index (κ1) is 17.1. The first-order valence-corrected chi connectivity index (χ1v) is 10.0. The quantitative estimate of drug-likeness (QED) is 0.596. The zero-order valence-electron chi connectivity index (χ0n) is 13.4. The minimum atomic E-state index is 0.0600. The molecular formula is C18H16BrClN2O2S. The van der Waals surface area contributed by atoms with Crippen molar-refractivity contribution in [1.82, 2.24) is 9.47 Å². The maximum atomic E-state index is 13.0. The van der Waals surface area contributed by atoms with E-state index in [4.69, 9.17) is 16.3 Å². The number of halogens is 2. The average Bonchev–Trinajstić information content (AvgIpc) is 3.12. The topological polar surface area (TPSA) is 34.5 Å². The Morgan fingerprint density at radius 2 is 2.04 bits per heavy atom. The summed E-state index contributed by atoms with van der Waals surface area (Å²) >= 11 is 11.3. The van der Waals surface area contributed by atoms with E-state index in [0.717, 1.165) is 25.3 Å². The molecular weight excluding hydrogens is 424 g/mol. The standard InChI is InChI=1S/C18H16BrClN2O2S/c19-17-10-14-16(25-17)9-15(18(23)21-4-6-24-7-5-21)22(14)11-12-2-1-3-13(20)8-12/h1-3,8-10H,4-7,11H2. The highest BCUT2D eigenvalue weighted by Gasteiger charge is 2.24. The van der Waals surface area contributed by atoms with E-state index < -0.39 is 0 Å². The lowest BCUT2D eigenvalue weighted by molar-refractivity contribution is 0.0296. The van der Waals surface area contributed by atoms with E-state index in [2.05, 4.69) is 26.6 Å². The van der Waals surface area contributed by atoms with E-state index in [0.29, 0.717) is 37.9 Å². The number of morpholine rings is 1. The molecule has 0 atom stereocenters. The first-order chi connectivity index (χ1) is 12.1. The van der Waals surface area contributed by atoms with Gasteiger partial charge in [-0.25, -0.2) is 0 Å². The molecule has 0 aliphatic carbocycles. The molecule has 3 aromatic rings. The van der Waals surface area contributed by atoms with E-state index in [1.54, 1.807) is 11.3 Å². The minimum Gasteiger partial charge on any atom is -0.378 e. The third kappa shape index (κ3) is 3.49. The van der Waals surface area contributed by atoms with E-state index in [1.807, 2.05) is 35.2 Å². The van der Waals surface area contributed by atoms with Gasteiger partial charge in [-0.3, -0.25) is 4.79 Å². The zero-order chi connectivity index (χ0) is 17.4. The van der Waals surface area contributed by atoms with Crippen LogP contribution in [-0.2, 0) is 11.3 Å². The van der Waals surface area contributed by atoms with Crippen LogP contribution < -0.4 is 0 Å². The van der Waals surface area contributed by atoms with Gasteiger partial charge in [0, 0.05) is 24.7 Å². The number of ether oxygens (including phenoxy) is 1. The van der Waals surface area contributed by atoms with Gasteiger partial charge >= 0.3 is 0 Å². The Balaban J connectivity index is 1.75. The number of hydrogen-bond acceptors (Lipinski definition) is 3. The molecule has 0 bridgehead atoms. The van der Waals surface area contributed by atoms with E-state index in [9.17, 15) is 4.79 Å². The molecule has 0 spiro atoms. The monoisotopic (exact) mass is 438 g/mol. The molecule has 4 nitrogen and oxygen atoms in total. The Hall–Kier alpha value is -1.34. The van der Waals surface area contributed by atoms with Gasteiger partial charge in [0.05, 0.1) is 27.2 Å². The molecule has 0 unspecified atom stereocenters. The van der Waals surface area contributed by atoms with Gasteiger partial charge in [-0.05, 0) is 45.8 Å². The summed E-state index contributed by atoms with van der Waals surface area (Å²) in [5.74, 6) is 0.0600. The molecule has 130 valence electrons. The number of benzene rings is 1. The van der Waals surface area contributed by atoms with Crippen LogP contribution in [0.1, 0.15) is 16.1 Å². The van der Waals surface area contributed by atoms with Gasteiger partial charge in [0.2, 0.25) is 0 Å². The Bertz CT molecular complexity index is 930. The van der Waals surface area contributed by atoms with Gasteiger partial charge in [0.15, 0.2) is 0 Å². The second-order valence-electron chi connectivity index (χ2n) is 5.95. The second kappa shape index (κ2) is 7.11. The smallest absolute Gasteiger partial charge is 0.270 e. The number of nitrogens with zero attached hydrogens (tertiary/aromatic N) is 2. The molecule has 0 saturated carbocycles. The number of amides is 1. The van der Waals surface area contributed by atoms with E-state index in [-0.39, 0.29) is 5.91 Å². The molecule has 1 aliphatic heterocycles. The number of fused-ring (bicyclic) bond motifs is 1. The Morgan fingerprint density at radius 3 is 2.80 bits per heavy atom. The second-order valence-corrected chi connectivity index (χ2v) is 8.85. The lowest BCUT2D eigenvalue weighted by atomic mass is 10.2. The molecule has 3 heterocycles. The maximum Gasteiger partial charge on any atom is 0.270 e. The van der Waals surface area contributed by atoms with Crippen LogP contribution in [0.25, 0.3) is 10.2 Å². The summed E-state index contributed by atoms with van der Waals surface area (Å²) in [6.07, 6.45) is 0. The van der Waals surface area contributed by atoms with Crippen LogP contribution in [0.5, 0.6) is 0 Å². The van der Waals surface area contributed by atoms with Crippen molar-refractivity contribution in [1.29, 1.82) is 0 Å². The predicted molar refractivity (Wildman–Crippen MR) is 105 cm³/mol. The lowest BCUT2D eigenvalue weighted by Crippen LogP contribution is -2.41. The summed E-state index contributed by atoms with van der Waals surface area (Å²) in [6, 6.07) is 11.8. The summed E-state index contributed by atoms with van der Waals surface area (Å²) in [5.41, 5.74) is 2.85. The summed E-state index contributed by atoms with van der Waals surface area (Å²) in [7, 11) is 0. The zero-order valence-corrected chi connectivity index (χ0v) is 16.5. The van der Waals surface area contributed by atoms with Crippen molar-refractivity contribution < 1.29 is 9.53 Å². The largest absolute Gasteiger partial charge is 0.378 e. The SMILES string of the molecule is O=C(c1cc2sc(Br)cc2n1Cc1cccc(Cl)c1)N1CCOCC1. The fourth-order valence-corrected chi connectivity index (χ4v) is 4.88. The van der Waals surface area contributed by atoms with Crippen LogP contribution in [-0.4, -0.2) is 41.7 Å². The van der Waals surface area contributed by atoms with Gasteiger partial charge in [0.1, 0.15) is 5.69 Å². The predicted octanol–water partition coefficient (Wildman–Crippen LogP) is 4.64. The van der Waals surface area contributed by atoms with Crippen LogP contribution in [0.15, 0.2) is 40.2 Å². The van der Waals surface area contributed by atoms with Crippen molar-refractivity contribution in [3.05, 3.63) is 56.5 Å². The molecule has 1 saturated heterocycles. The van der Waals surface area contributed by atoms with Gasteiger partial charge < -0.3 is 14.2 Å². The Morgan fingerprint density at radius 1 is 1.24 bits per heavy atom. The van der Waals surface area contributed by atoms with E-state index in [1.165, 1.54) is 0 Å². The normalized spacial score (nSPS) is 15.0. The summed E-state index contributed by atoms with van der Waals surface area (Å²) in [4.78, 5) is 14.9. The maximum absolute atomic E-state index is 13.0. The summed E-state index contributed by atoms with van der Waals surface area (Å²) < 4.78 is 9.61. The van der Waals surface area contributed by atoms with Gasteiger partial charge in [0.25, 0.3) is 5.91 Å². The third-order valence-electron chi connectivity index (χ3n) is 4.31. The minimum absolute atomic E-state index is 0.0600. The highest BCUT2D eigenvalue weighted by Crippen LogP contribution is 2.33. The fourth-order valence-electron chi connectivity index (χ4n) is 3.11. The van der Waals surface area contributed by atoms with Gasteiger partial charge in [-0.2, -0.15) is 0 Å². The molecule has 0 radical (unpaired) electrons. The molecule has 1 amide bonds. The first-order valence-electron chi connectivity index (χ1n) is 8.02. The van der Waals surface area contributed by atoms with Gasteiger partial charge in [-0.1, -0.05) is 23.7 Å². The molecule has 7 heteroatoms. The summed E-state index contributed by atoms with van der Waals surface area (Å²) in [6.45, 7) is 3.08. The molecule has 0 N–H and O–H groups in total. The lowest BCUT2D eigenvalue weighted by Gasteiger charge is -2.27. The molecule has 1 fully saturated rings. The Kier molecular flexibility index (Phi) is 4.86. The van der Waals surface area contributed by atoms with Crippen molar-refractivity contribution in [2.75, 3.05) is 26.3 Å².